The van der Waals surface area contributed by atoms with Crippen LogP contribution in [-0.2, 0) is 6.54 Å². The summed E-state index contributed by atoms with van der Waals surface area (Å²) in [5, 5.41) is 7.00. The highest BCUT2D eigenvalue weighted by Crippen LogP contribution is 2.17. The van der Waals surface area contributed by atoms with E-state index in [-0.39, 0.29) is 5.69 Å². The summed E-state index contributed by atoms with van der Waals surface area (Å²) >= 11 is 0. The fraction of sp³-hybridized carbons (Fsp3) is 0.250. The van der Waals surface area contributed by atoms with Crippen molar-refractivity contribution in [2.45, 2.75) is 13.5 Å². The first-order chi connectivity index (χ1) is 8.61. The lowest BCUT2D eigenvalue weighted by molar-refractivity contribution is 0.491. The number of halogens is 3. The number of aromatic nitrogens is 2. The molecule has 0 aliphatic heterocycles. The number of hydrogen-bond donors (Lipinski definition) is 1. The molecule has 96 valence electrons. The van der Waals surface area contributed by atoms with Crippen LogP contribution in [0.15, 0.2) is 24.5 Å². The molecule has 0 radical (unpaired) electrons. The van der Waals surface area contributed by atoms with Crippen LogP contribution in [0.2, 0.25) is 0 Å². The summed E-state index contributed by atoms with van der Waals surface area (Å²) < 4.78 is 40.5. The van der Waals surface area contributed by atoms with E-state index in [0.29, 0.717) is 12.6 Å². The zero-order valence-corrected chi connectivity index (χ0v) is 9.75. The Bertz CT molecular complexity index is 551. The van der Waals surface area contributed by atoms with E-state index >= 15 is 0 Å². The molecule has 0 aliphatic carbocycles. The van der Waals surface area contributed by atoms with Crippen molar-refractivity contribution in [1.82, 2.24) is 15.1 Å². The first-order valence-electron chi connectivity index (χ1n) is 5.51. The van der Waals surface area contributed by atoms with E-state index in [1.807, 2.05) is 6.92 Å². The van der Waals surface area contributed by atoms with Gasteiger partial charge >= 0.3 is 0 Å². The Labute approximate surface area is 102 Å². The van der Waals surface area contributed by atoms with Gasteiger partial charge in [0.1, 0.15) is 5.69 Å². The minimum atomic E-state index is -1.21. The van der Waals surface area contributed by atoms with Gasteiger partial charge in [-0.2, -0.15) is 5.10 Å². The summed E-state index contributed by atoms with van der Waals surface area (Å²) in [6, 6.07) is 1.30. The predicted octanol–water partition coefficient (Wildman–Crippen LogP) is 2.40. The lowest BCUT2D eigenvalue weighted by Gasteiger charge is -2.03. The number of hydrogen-bond acceptors (Lipinski definition) is 2. The second kappa shape index (κ2) is 5.22. The van der Waals surface area contributed by atoms with Gasteiger partial charge in [0, 0.05) is 30.4 Å². The van der Waals surface area contributed by atoms with Crippen LogP contribution in [0.4, 0.5) is 13.2 Å². The first-order valence-corrected chi connectivity index (χ1v) is 5.51. The molecule has 0 fully saturated rings. The van der Waals surface area contributed by atoms with Gasteiger partial charge in [0.15, 0.2) is 17.5 Å². The average molecular weight is 255 g/mol. The van der Waals surface area contributed by atoms with Crippen molar-refractivity contribution in [2.24, 2.45) is 0 Å². The van der Waals surface area contributed by atoms with Crippen molar-refractivity contribution in [2.75, 3.05) is 6.54 Å². The van der Waals surface area contributed by atoms with Gasteiger partial charge in [0.25, 0.3) is 0 Å². The fourth-order valence-electron chi connectivity index (χ4n) is 1.54. The van der Waals surface area contributed by atoms with Crippen molar-refractivity contribution in [1.29, 1.82) is 0 Å². The maximum Gasteiger partial charge on any atom is 0.161 e. The third-order valence-corrected chi connectivity index (χ3v) is 2.45. The number of nitrogens with zero attached hydrogens (tertiary/aromatic N) is 2. The van der Waals surface area contributed by atoms with Crippen LogP contribution in [0.5, 0.6) is 0 Å². The molecule has 0 bridgehead atoms. The number of rotatable bonds is 4. The van der Waals surface area contributed by atoms with Crippen molar-refractivity contribution in [3.05, 3.63) is 47.5 Å². The topological polar surface area (TPSA) is 29.9 Å². The Balaban J connectivity index is 2.31. The molecule has 1 heterocycles. The third-order valence-electron chi connectivity index (χ3n) is 2.45. The van der Waals surface area contributed by atoms with Gasteiger partial charge in [-0.05, 0) is 6.54 Å². The molecule has 0 aliphatic rings. The molecule has 1 aromatic heterocycles. The molecular formula is C12H12F3N3. The SMILES string of the molecule is CCNCc1cnn(-c2cc(F)c(F)cc2F)c1. The van der Waals surface area contributed by atoms with E-state index in [1.165, 1.54) is 4.68 Å². The van der Waals surface area contributed by atoms with Gasteiger partial charge < -0.3 is 5.32 Å². The average Bonchev–Trinajstić information content (AvgIpc) is 2.79. The summed E-state index contributed by atoms with van der Waals surface area (Å²) in [6.07, 6.45) is 3.11. The Morgan fingerprint density at radius 1 is 1.17 bits per heavy atom. The molecule has 2 rings (SSSR count). The van der Waals surface area contributed by atoms with Crippen LogP contribution < -0.4 is 5.32 Å². The highest BCUT2D eigenvalue weighted by atomic mass is 19.2. The Morgan fingerprint density at radius 3 is 2.61 bits per heavy atom. The summed E-state index contributed by atoms with van der Waals surface area (Å²) in [4.78, 5) is 0. The molecule has 0 saturated carbocycles. The number of benzene rings is 1. The van der Waals surface area contributed by atoms with E-state index in [9.17, 15) is 13.2 Å². The van der Waals surface area contributed by atoms with Crippen LogP contribution in [0.25, 0.3) is 5.69 Å². The van der Waals surface area contributed by atoms with E-state index in [1.54, 1.807) is 12.4 Å². The smallest absolute Gasteiger partial charge is 0.161 e. The Kier molecular flexibility index (Phi) is 3.66. The molecule has 18 heavy (non-hydrogen) atoms. The summed E-state index contributed by atoms with van der Waals surface area (Å²) in [5.41, 5.74) is 0.720. The molecule has 0 amide bonds. The monoisotopic (exact) mass is 255 g/mol. The van der Waals surface area contributed by atoms with Gasteiger partial charge in [0.2, 0.25) is 0 Å². The third kappa shape index (κ3) is 2.53. The normalized spacial score (nSPS) is 10.9. The maximum atomic E-state index is 13.5. The summed E-state index contributed by atoms with van der Waals surface area (Å²) in [5.74, 6) is -3.17. The molecule has 0 atom stereocenters. The quantitative estimate of drug-likeness (QED) is 0.850. The molecule has 1 N–H and O–H groups in total. The molecule has 1 aromatic carbocycles. The minimum absolute atomic E-state index is 0.114. The number of nitrogens with one attached hydrogen (secondary N) is 1. The van der Waals surface area contributed by atoms with Crippen LogP contribution >= 0.6 is 0 Å². The van der Waals surface area contributed by atoms with Crippen molar-refractivity contribution < 1.29 is 13.2 Å². The van der Waals surface area contributed by atoms with Gasteiger partial charge in [-0.25, -0.2) is 17.9 Å². The molecule has 0 saturated heterocycles. The van der Waals surface area contributed by atoms with Gasteiger partial charge in [-0.1, -0.05) is 6.92 Å². The van der Waals surface area contributed by atoms with Crippen molar-refractivity contribution in [3.63, 3.8) is 0 Å². The van der Waals surface area contributed by atoms with Crippen molar-refractivity contribution >= 4 is 0 Å². The largest absolute Gasteiger partial charge is 0.313 e. The van der Waals surface area contributed by atoms with Crippen LogP contribution in [-0.4, -0.2) is 16.3 Å². The van der Waals surface area contributed by atoms with Gasteiger partial charge in [0.05, 0.1) is 6.20 Å². The predicted molar refractivity (Wildman–Crippen MR) is 60.8 cm³/mol. The zero-order valence-electron chi connectivity index (χ0n) is 9.75. The maximum absolute atomic E-state index is 13.5. The highest BCUT2D eigenvalue weighted by Gasteiger charge is 2.12. The van der Waals surface area contributed by atoms with E-state index in [2.05, 4.69) is 10.4 Å². The second-order valence-electron chi connectivity index (χ2n) is 3.79. The molecule has 3 nitrogen and oxygen atoms in total. The van der Waals surface area contributed by atoms with E-state index in [4.69, 9.17) is 0 Å². The molecule has 0 spiro atoms. The van der Waals surface area contributed by atoms with Crippen LogP contribution in [0.3, 0.4) is 0 Å². The Morgan fingerprint density at radius 2 is 1.89 bits per heavy atom. The summed E-state index contributed by atoms with van der Waals surface area (Å²) in [7, 11) is 0. The minimum Gasteiger partial charge on any atom is -0.313 e. The zero-order chi connectivity index (χ0) is 13.1. The lowest BCUT2D eigenvalue weighted by atomic mass is 10.3. The van der Waals surface area contributed by atoms with Crippen LogP contribution in [0, 0.1) is 17.5 Å². The van der Waals surface area contributed by atoms with Crippen LogP contribution in [0.1, 0.15) is 12.5 Å². The molecule has 2 aromatic rings. The van der Waals surface area contributed by atoms with Crippen molar-refractivity contribution in [3.8, 4) is 5.69 Å². The first kappa shape index (κ1) is 12.6. The highest BCUT2D eigenvalue weighted by molar-refractivity contribution is 5.34. The van der Waals surface area contributed by atoms with Gasteiger partial charge in [-0.3, -0.25) is 0 Å². The molecule has 0 unspecified atom stereocenters. The molecule has 6 heteroatoms. The Hall–Kier alpha value is -1.82. The van der Waals surface area contributed by atoms with E-state index < -0.39 is 17.5 Å². The lowest BCUT2D eigenvalue weighted by Crippen LogP contribution is -2.11. The van der Waals surface area contributed by atoms with E-state index in [0.717, 1.165) is 18.2 Å². The van der Waals surface area contributed by atoms with Gasteiger partial charge in [-0.15, -0.1) is 0 Å². The fourth-order valence-corrected chi connectivity index (χ4v) is 1.54. The summed E-state index contributed by atoms with van der Waals surface area (Å²) in [6.45, 7) is 3.34. The second-order valence-corrected chi connectivity index (χ2v) is 3.79. The molecular weight excluding hydrogens is 243 g/mol. The standard InChI is InChI=1S/C12H12F3N3/c1-2-16-5-8-6-17-18(7-8)12-4-10(14)9(13)3-11(12)15/h3-4,6-7,16H,2,5H2,1H3.